The number of carbonyl (C=O) groups excluding carboxylic acids is 1. The highest BCUT2D eigenvalue weighted by molar-refractivity contribution is 7.89. The van der Waals surface area contributed by atoms with E-state index in [9.17, 15) is 18.4 Å². The number of nitrogens with zero attached hydrogens (tertiary/aromatic N) is 2. The Labute approximate surface area is 148 Å². The van der Waals surface area contributed by atoms with E-state index in [1.165, 1.54) is 24.3 Å². The third-order valence-electron chi connectivity index (χ3n) is 3.55. The van der Waals surface area contributed by atoms with E-state index in [-0.39, 0.29) is 21.3 Å². The molecule has 1 aliphatic rings. The van der Waals surface area contributed by atoms with E-state index < -0.39 is 15.9 Å². The first-order chi connectivity index (χ1) is 11.7. The van der Waals surface area contributed by atoms with Crippen LogP contribution in [0.1, 0.15) is 11.1 Å². The lowest BCUT2D eigenvalue weighted by Crippen LogP contribution is -2.26. The smallest absolute Gasteiger partial charge is 0.281 e. The monoisotopic (exact) mass is 380 g/mol. The minimum atomic E-state index is -3.79. The fraction of sp³-hybridized carbons (Fsp3) is 0.0667. The molecule has 0 fully saturated rings. The van der Waals surface area contributed by atoms with Crippen molar-refractivity contribution >= 4 is 44.6 Å². The molecule has 0 atom stereocenters. The van der Waals surface area contributed by atoms with E-state index >= 15 is 0 Å². The number of aryl methyl sites for hydroxylation is 1. The molecule has 130 valence electrons. The molecule has 1 amide bonds. The maximum absolute atomic E-state index is 12.2. The van der Waals surface area contributed by atoms with Crippen molar-refractivity contribution in [3.05, 3.63) is 52.5 Å². The highest BCUT2D eigenvalue weighted by Gasteiger charge is 2.35. The second kappa shape index (κ2) is 6.12. The third-order valence-corrected chi connectivity index (χ3v) is 4.78. The Hall–Kier alpha value is -2.46. The molecule has 0 spiro atoms. The molecule has 2 aromatic carbocycles. The Balaban J connectivity index is 1.94. The van der Waals surface area contributed by atoms with Crippen molar-refractivity contribution in [3.8, 4) is 0 Å². The summed E-state index contributed by atoms with van der Waals surface area (Å²) in [5.41, 5.74) is 4.35. The highest BCUT2D eigenvalue weighted by atomic mass is 35.5. The summed E-state index contributed by atoms with van der Waals surface area (Å²) in [5.74, 6) is -0.726. The van der Waals surface area contributed by atoms with Crippen molar-refractivity contribution in [1.82, 2.24) is 0 Å². The fourth-order valence-electron chi connectivity index (χ4n) is 2.39. The molecule has 4 N–H and O–H groups in total. The molecule has 1 heterocycles. The summed E-state index contributed by atoms with van der Waals surface area (Å²) >= 11 is 6.17. The molecule has 0 saturated carbocycles. The lowest BCUT2D eigenvalue weighted by atomic mass is 10.1. The van der Waals surface area contributed by atoms with Crippen LogP contribution in [-0.4, -0.2) is 25.2 Å². The molecule has 0 saturated heterocycles. The molecule has 0 aromatic heterocycles. The first-order valence-corrected chi connectivity index (χ1v) is 8.91. The predicted molar refractivity (Wildman–Crippen MR) is 93.4 cm³/mol. The normalized spacial score (nSPS) is 15.6. The number of fused-ring (bicyclic) bond motifs is 1. The first-order valence-electron chi connectivity index (χ1n) is 6.99. The number of carbonyl (C=O) groups is 1. The summed E-state index contributed by atoms with van der Waals surface area (Å²) in [5, 5.41) is 19.7. The number of hydrogen-bond donors (Lipinski definition) is 3. The van der Waals surface area contributed by atoms with Crippen LogP contribution in [0.3, 0.4) is 0 Å². The maximum atomic E-state index is 12.2. The van der Waals surface area contributed by atoms with E-state index in [2.05, 4.69) is 10.5 Å². The number of sulfonamides is 1. The van der Waals surface area contributed by atoms with Gasteiger partial charge in [0.05, 0.1) is 26.9 Å². The minimum absolute atomic E-state index is 0.0481. The second-order valence-electron chi connectivity index (χ2n) is 5.40. The van der Waals surface area contributed by atoms with Gasteiger partial charge >= 0.3 is 5.91 Å². The van der Waals surface area contributed by atoms with E-state index in [0.717, 1.165) is 5.56 Å². The largest absolute Gasteiger partial charge is 0.303 e. The van der Waals surface area contributed by atoms with Gasteiger partial charge in [-0.3, -0.25) is 15.4 Å². The molecule has 2 aromatic rings. The number of primary sulfonamides is 1. The maximum Gasteiger partial charge on any atom is 0.303 e. The van der Waals surface area contributed by atoms with Crippen LogP contribution >= 0.6 is 11.6 Å². The molecule has 3 rings (SSSR count). The molecule has 0 aliphatic carbocycles. The summed E-state index contributed by atoms with van der Waals surface area (Å²) in [7, 11) is -3.79. The van der Waals surface area contributed by atoms with Crippen LogP contribution in [0.4, 0.5) is 11.4 Å². The van der Waals surface area contributed by atoms with Gasteiger partial charge in [0, 0.05) is 0 Å². The molecule has 10 heteroatoms. The van der Waals surface area contributed by atoms with Crippen LogP contribution in [0.15, 0.2) is 46.4 Å². The van der Waals surface area contributed by atoms with Crippen LogP contribution in [0, 0.1) is 6.92 Å². The molecule has 25 heavy (non-hydrogen) atoms. The Bertz CT molecular complexity index is 1000. The number of hydrazone groups is 1. The standard InChI is InChI=1S/C15H13ClN4O4S/c1-8-6-11(16)13-12(7-8)20(22)15(21)14(13)19-18-9-2-4-10(5-3-9)25(17,23)24/h2-7,18,22H,1H3,(H2,17,23,24). The van der Waals surface area contributed by atoms with Crippen molar-refractivity contribution in [2.75, 3.05) is 10.5 Å². The Morgan fingerprint density at radius 3 is 2.48 bits per heavy atom. The van der Waals surface area contributed by atoms with Crippen LogP contribution in [0.25, 0.3) is 0 Å². The zero-order valence-corrected chi connectivity index (χ0v) is 14.5. The zero-order valence-electron chi connectivity index (χ0n) is 12.9. The summed E-state index contributed by atoms with van der Waals surface area (Å²) in [6.45, 7) is 1.78. The van der Waals surface area contributed by atoms with Crippen LogP contribution in [-0.2, 0) is 14.8 Å². The van der Waals surface area contributed by atoms with Gasteiger partial charge in [0.15, 0.2) is 5.71 Å². The van der Waals surface area contributed by atoms with Gasteiger partial charge in [0.25, 0.3) is 0 Å². The average Bonchev–Trinajstić information content (AvgIpc) is 2.77. The van der Waals surface area contributed by atoms with Gasteiger partial charge in [-0.25, -0.2) is 13.6 Å². The van der Waals surface area contributed by atoms with Gasteiger partial charge in [-0.2, -0.15) is 10.2 Å². The van der Waals surface area contributed by atoms with Crippen LogP contribution in [0.2, 0.25) is 5.02 Å². The van der Waals surface area contributed by atoms with Crippen molar-refractivity contribution in [2.24, 2.45) is 10.2 Å². The first kappa shape index (κ1) is 17.4. The number of rotatable bonds is 3. The molecule has 0 unspecified atom stereocenters. The topological polar surface area (TPSA) is 125 Å². The number of hydrogen-bond acceptors (Lipinski definition) is 6. The van der Waals surface area contributed by atoms with Gasteiger partial charge in [-0.1, -0.05) is 11.6 Å². The Kier molecular flexibility index (Phi) is 4.25. The van der Waals surface area contributed by atoms with Gasteiger partial charge in [-0.15, -0.1) is 0 Å². The number of nitrogens with one attached hydrogen (secondary N) is 1. The van der Waals surface area contributed by atoms with Gasteiger partial charge in [0.1, 0.15) is 0 Å². The Morgan fingerprint density at radius 1 is 1.24 bits per heavy atom. The third kappa shape index (κ3) is 3.22. The van der Waals surface area contributed by atoms with Crippen LogP contribution in [0.5, 0.6) is 0 Å². The summed E-state index contributed by atoms with van der Waals surface area (Å²) < 4.78 is 22.5. The molecule has 0 bridgehead atoms. The van der Waals surface area contributed by atoms with Gasteiger partial charge in [-0.05, 0) is 48.9 Å². The summed E-state index contributed by atoms with van der Waals surface area (Å²) in [6.07, 6.45) is 0. The highest BCUT2D eigenvalue weighted by Crippen LogP contribution is 2.35. The van der Waals surface area contributed by atoms with E-state index in [0.29, 0.717) is 16.3 Å². The van der Waals surface area contributed by atoms with Gasteiger partial charge < -0.3 is 0 Å². The summed E-state index contributed by atoms with van der Waals surface area (Å²) in [4.78, 5) is 12.1. The quantitative estimate of drug-likeness (QED) is 0.553. The number of halogens is 1. The molecular weight excluding hydrogens is 368 g/mol. The molecule has 0 radical (unpaired) electrons. The summed E-state index contributed by atoms with van der Waals surface area (Å²) in [6, 6.07) is 8.76. The second-order valence-corrected chi connectivity index (χ2v) is 7.37. The number of nitrogens with two attached hydrogens (primary N) is 1. The number of amides is 1. The van der Waals surface area contributed by atoms with E-state index in [4.69, 9.17) is 16.7 Å². The van der Waals surface area contributed by atoms with E-state index in [1.54, 1.807) is 19.1 Å². The number of hydroxylamine groups is 1. The number of benzene rings is 2. The number of anilines is 2. The lowest BCUT2D eigenvalue weighted by molar-refractivity contribution is -0.116. The minimum Gasteiger partial charge on any atom is -0.281 e. The zero-order chi connectivity index (χ0) is 18.4. The Morgan fingerprint density at radius 2 is 1.88 bits per heavy atom. The van der Waals surface area contributed by atoms with Gasteiger partial charge in [0.2, 0.25) is 10.0 Å². The van der Waals surface area contributed by atoms with Crippen molar-refractivity contribution in [3.63, 3.8) is 0 Å². The lowest BCUT2D eigenvalue weighted by Gasteiger charge is -2.07. The van der Waals surface area contributed by atoms with Crippen molar-refractivity contribution < 1.29 is 18.4 Å². The molecule has 1 aliphatic heterocycles. The molecule has 8 nitrogen and oxygen atoms in total. The molecular formula is C15H13ClN4O4S. The van der Waals surface area contributed by atoms with Crippen molar-refractivity contribution in [1.29, 1.82) is 0 Å². The van der Waals surface area contributed by atoms with E-state index in [1.807, 2.05) is 0 Å². The average molecular weight is 381 g/mol. The fourth-order valence-corrected chi connectivity index (χ4v) is 3.26. The van der Waals surface area contributed by atoms with Crippen molar-refractivity contribution in [2.45, 2.75) is 11.8 Å². The van der Waals surface area contributed by atoms with Crippen LogP contribution < -0.4 is 15.6 Å². The SMILES string of the molecule is Cc1cc(Cl)c2c(c1)N(O)C(=O)C2=NNc1ccc(S(N)(=O)=O)cc1. The predicted octanol–water partition coefficient (Wildman–Crippen LogP) is 1.85.